The molecule has 3 rings (SSSR count). The molecule has 0 spiro atoms. The lowest BCUT2D eigenvalue weighted by Crippen LogP contribution is -2.50. The van der Waals surface area contributed by atoms with Crippen LogP contribution in [-0.4, -0.2) is 79.0 Å². The molecule has 2 atom stereocenters. The number of morpholine rings is 1. The van der Waals surface area contributed by atoms with Crippen molar-refractivity contribution in [3.05, 3.63) is 18.0 Å². The van der Waals surface area contributed by atoms with Gasteiger partial charge in [-0.05, 0) is 32.4 Å². The van der Waals surface area contributed by atoms with Gasteiger partial charge < -0.3 is 19.9 Å². The van der Waals surface area contributed by atoms with Crippen molar-refractivity contribution >= 4 is 29.9 Å². The second-order valence-electron chi connectivity index (χ2n) is 6.95. The van der Waals surface area contributed by atoms with Crippen LogP contribution in [0, 0.1) is 5.92 Å². The van der Waals surface area contributed by atoms with Crippen LogP contribution in [0.1, 0.15) is 24.5 Å². The Labute approximate surface area is 167 Å². The van der Waals surface area contributed by atoms with E-state index in [0.29, 0.717) is 12.5 Å². The van der Waals surface area contributed by atoms with E-state index in [1.165, 1.54) is 25.9 Å². The predicted molar refractivity (Wildman–Crippen MR) is 110 cm³/mol. The van der Waals surface area contributed by atoms with E-state index in [0.717, 1.165) is 31.2 Å². The molecule has 1 N–H and O–H groups in total. The molecule has 2 saturated heterocycles. The van der Waals surface area contributed by atoms with Crippen molar-refractivity contribution in [2.24, 2.45) is 18.0 Å². The van der Waals surface area contributed by atoms with E-state index in [1.54, 1.807) is 0 Å². The van der Waals surface area contributed by atoms with E-state index < -0.39 is 0 Å². The lowest BCUT2D eigenvalue weighted by atomic mass is 9.98. The minimum atomic E-state index is 0. The normalized spacial score (nSPS) is 25.6. The summed E-state index contributed by atoms with van der Waals surface area (Å²) in [6.45, 7) is 5.79. The summed E-state index contributed by atoms with van der Waals surface area (Å²) in [5, 5.41) is 7.83. The molecular weight excluding hydrogens is 431 g/mol. The number of aromatic nitrogens is 2. The van der Waals surface area contributed by atoms with Gasteiger partial charge in [-0.2, -0.15) is 5.10 Å². The third-order valence-electron chi connectivity index (χ3n) is 4.95. The monoisotopic (exact) mass is 462 g/mol. The van der Waals surface area contributed by atoms with Gasteiger partial charge in [-0.1, -0.05) is 0 Å². The molecule has 2 fully saturated rings. The first-order chi connectivity index (χ1) is 11.7. The van der Waals surface area contributed by atoms with Crippen LogP contribution in [0.3, 0.4) is 0 Å². The maximum atomic E-state index is 5.93. The molecule has 2 aliphatic rings. The molecule has 8 heteroatoms. The van der Waals surface area contributed by atoms with Gasteiger partial charge in [0.25, 0.3) is 0 Å². The average Bonchev–Trinajstić information content (AvgIpc) is 3.02. The zero-order valence-corrected chi connectivity index (χ0v) is 17.8. The summed E-state index contributed by atoms with van der Waals surface area (Å²) in [4.78, 5) is 9.21. The molecule has 0 bridgehead atoms. The average molecular weight is 462 g/mol. The molecule has 0 aliphatic carbocycles. The van der Waals surface area contributed by atoms with Gasteiger partial charge in [-0.3, -0.25) is 9.67 Å². The largest absolute Gasteiger partial charge is 0.370 e. The number of aryl methyl sites for hydroxylation is 1. The Bertz CT molecular complexity index is 563. The molecule has 2 aliphatic heterocycles. The van der Waals surface area contributed by atoms with Crippen molar-refractivity contribution in [1.29, 1.82) is 0 Å². The highest BCUT2D eigenvalue weighted by molar-refractivity contribution is 14.0. The molecule has 25 heavy (non-hydrogen) atoms. The summed E-state index contributed by atoms with van der Waals surface area (Å²) in [6, 6.07) is 0. The fourth-order valence-corrected chi connectivity index (χ4v) is 3.66. The van der Waals surface area contributed by atoms with Crippen LogP contribution in [-0.2, 0) is 11.8 Å². The Balaban J connectivity index is 0.00000225. The number of guanidine groups is 1. The predicted octanol–water partition coefficient (Wildman–Crippen LogP) is 1.33. The summed E-state index contributed by atoms with van der Waals surface area (Å²) in [6.07, 6.45) is 6.58. The zero-order chi connectivity index (χ0) is 16.9. The van der Waals surface area contributed by atoms with E-state index in [9.17, 15) is 0 Å². The second-order valence-corrected chi connectivity index (χ2v) is 6.95. The van der Waals surface area contributed by atoms with Gasteiger partial charge >= 0.3 is 0 Å². The molecular formula is C17H31IN6O. The van der Waals surface area contributed by atoms with Crippen LogP contribution < -0.4 is 5.32 Å². The lowest BCUT2D eigenvalue weighted by molar-refractivity contribution is -0.00812. The number of ether oxygens (including phenoxy) is 1. The minimum absolute atomic E-state index is 0. The van der Waals surface area contributed by atoms with E-state index in [4.69, 9.17) is 4.74 Å². The molecule has 2 unspecified atom stereocenters. The summed E-state index contributed by atoms with van der Waals surface area (Å²) >= 11 is 0. The molecule has 0 radical (unpaired) electrons. The lowest BCUT2D eigenvalue weighted by Gasteiger charge is -2.36. The summed E-state index contributed by atoms with van der Waals surface area (Å²) in [5.74, 6) is 1.69. The molecule has 1 aromatic rings. The van der Waals surface area contributed by atoms with Crippen LogP contribution in [0.2, 0.25) is 0 Å². The molecule has 3 heterocycles. The highest BCUT2D eigenvalue weighted by Gasteiger charge is 2.26. The summed E-state index contributed by atoms with van der Waals surface area (Å²) in [7, 11) is 6.01. The third-order valence-corrected chi connectivity index (χ3v) is 4.95. The molecule has 0 saturated carbocycles. The number of halogens is 1. The highest BCUT2D eigenvalue weighted by Crippen LogP contribution is 2.21. The number of hydrogen-bond donors (Lipinski definition) is 1. The Morgan fingerprint density at radius 1 is 1.36 bits per heavy atom. The summed E-state index contributed by atoms with van der Waals surface area (Å²) < 4.78 is 7.75. The van der Waals surface area contributed by atoms with Crippen molar-refractivity contribution in [3.63, 3.8) is 0 Å². The zero-order valence-electron chi connectivity index (χ0n) is 15.5. The van der Waals surface area contributed by atoms with Crippen molar-refractivity contribution in [1.82, 2.24) is 24.9 Å². The number of nitrogens with zero attached hydrogens (tertiary/aromatic N) is 5. The van der Waals surface area contributed by atoms with Gasteiger partial charge in [0.1, 0.15) is 6.10 Å². The van der Waals surface area contributed by atoms with Gasteiger partial charge in [0.05, 0.1) is 19.3 Å². The topological polar surface area (TPSA) is 57.9 Å². The molecule has 1 aromatic heterocycles. The molecule has 142 valence electrons. The highest BCUT2D eigenvalue weighted by atomic mass is 127. The first-order valence-electron chi connectivity index (χ1n) is 8.90. The van der Waals surface area contributed by atoms with Crippen LogP contribution in [0.15, 0.2) is 17.4 Å². The quantitative estimate of drug-likeness (QED) is 0.418. The van der Waals surface area contributed by atoms with Crippen molar-refractivity contribution in [2.75, 3.05) is 53.4 Å². The number of hydrogen-bond acceptors (Lipinski definition) is 4. The number of aliphatic imine (C=N–C) groups is 1. The first-order valence-corrected chi connectivity index (χ1v) is 8.90. The second kappa shape index (κ2) is 9.72. The van der Waals surface area contributed by atoms with Gasteiger partial charge in [-0.25, -0.2) is 0 Å². The number of piperidine rings is 1. The van der Waals surface area contributed by atoms with E-state index in [1.807, 2.05) is 31.2 Å². The number of nitrogens with one attached hydrogen (secondary N) is 1. The van der Waals surface area contributed by atoms with Crippen LogP contribution in [0.5, 0.6) is 0 Å². The minimum Gasteiger partial charge on any atom is -0.370 e. The standard InChI is InChI=1S/C17H30N6O.HI/c1-18-17(19-9-14-5-4-6-21(2)11-14)23-7-8-24-16(13-23)15-10-20-22(3)12-15;/h10,12,14,16H,4-9,11,13H2,1-3H3,(H,18,19);1H. The van der Waals surface area contributed by atoms with Crippen LogP contribution >= 0.6 is 24.0 Å². The van der Waals surface area contributed by atoms with Crippen molar-refractivity contribution in [3.8, 4) is 0 Å². The molecule has 0 amide bonds. The Morgan fingerprint density at radius 2 is 2.20 bits per heavy atom. The van der Waals surface area contributed by atoms with Gasteiger partial charge in [0.2, 0.25) is 0 Å². The third kappa shape index (κ3) is 5.55. The molecule has 0 aromatic carbocycles. The van der Waals surface area contributed by atoms with E-state index in [2.05, 4.69) is 32.3 Å². The van der Waals surface area contributed by atoms with Crippen molar-refractivity contribution < 1.29 is 4.74 Å². The van der Waals surface area contributed by atoms with Gasteiger partial charge in [0.15, 0.2) is 5.96 Å². The van der Waals surface area contributed by atoms with E-state index in [-0.39, 0.29) is 30.1 Å². The number of likely N-dealkylation sites (tertiary alicyclic amines) is 1. The van der Waals surface area contributed by atoms with Crippen LogP contribution in [0.25, 0.3) is 0 Å². The van der Waals surface area contributed by atoms with Gasteiger partial charge in [0, 0.05) is 45.5 Å². The Kier molecular flexibility index (Phi) is 7.95. The fraction of sp³-hybridized carbons (Fsp3) is 0.765. The van der Waals surface area contributed by atoms with Crippen LogP contribution in [0.4, 0.5) is 0 Å². The smallest absolute Gasteiger partial charge is 0.193 e. The maximum Gasteiger partial charge on any atom is 0.193 e. The Hall–Kier alpha value is -0.870. The SMILES string of the molecule is CN=C(NCC1CCCN(C)C1)N1CCOC(c2cnn(C)c2)C1.I. The maximum absolute atomic E-state index is 5.93. The summed E-state index contributed by atoms with van der Waals surface area (Å²) in [5.41, 5.74) is 1.13. The van der Waals surface area contributed by atoms with Crippen molar-refractivity contribution in [2.45, 2.75) is 18.9 Å². The first kappa shape index (κ1) is 20.4. The fourth-order valence-electron chi connectivity index (χ4n) is 3.66. The van der Waals surface area contributed by atoms with Gasteiger partial charge in [-0.15, -0.1) is 24.0 Å². The Morgan fingerprint density at radius 3 is 2.88 bits per heavy atom. The number of rotatable bonds is 3. The van der Waals surface area contributed by atoms with E-state index >= 15 is 0 Å². The molecule has 7 nitrogen and oxygen atoms in total.